The second-order valence-corrected chi connectivity index (χ2v) is 14.4. The molecule has 2 aromatic heterocycles. The molecule has 0 bridgehead atoms. The van der Waals surface area contributed by atoms with E-state index in [1.165, 1.54) is 53.5 Å². The summed E-state index contributed by atoms with van der Waals surface area (Å²) < 4.78 is 3.75. The molecule has 5 heteroatoms. The van der Waals surface area contributed by atoms with Crippen molar-refractivity contribution in [2.45, 2.75) is 32.9 Å². The Bertz CT molecular complexity index is 2660. The van der Waals surface area contributed by atoms with Gasteiger partial charge in [-0.1, -0.05) is 127 Å². The number of aliphatic imine (C=N–C) groups is 2. The van der Waals surface area contributed by atoms with Crippen molar-refractivity contribution < 1.29 is 0 Å². The van der Waals surface area contributed by atoms with Crippen molar-refractivity contribution >= 4 is 54.9 Å². The van der Waals surface area contributed by atoms with Gasteiger partial charge in [-0.2, -0.15) is 0 Å². The van der Waals surface area contributed by atoms with Crippen LogP contribution in [-0.4, -0.2) is 16.2 Å². The maximum Gasteiger partial charge on any atom is 0.159 e. The third-order valence-corrected chi connectivity index (χ3v) is 11.4. The number of nitrogens with zero attached hydrogens (tertiary/aromatic N) is 3. The zero-order chi connectivity index (χ0) is 35.0. The van der Waals surface area contributed by atoms with Crippen LogP contribution in [0.25, 0.3) is 48.7 Å². The SMILES string of the molecule is C/C=C\CCc1sc2cc3c(cc2c1C)c1ccccc1n3-c1ccccc1C1=NC(c2ccc(-c3ccccc3)cc2)=N[C@@H](c2ccccc2)N1. The standard InChI is InChI=1S/C47H38N4S/c1-3-4-7-24-43-31(2)38-29-39-36-20-12-14-22-40(36)51(42(39)30-44(38)52-43)41-23-15-13-21-37(41)47-49-45(34-18-10-6-11-19-34)48-46(50-47)35-27-25-33(26-28-35)32-16-8-5-9-17-32/h3-6,8-23,25-30,45H,7,24H2,1-2H3,(H,48,49,50)/b4-3-/t45-/m1/s1. The zero-order valence-electron chi connectivity index (χ0n) is 29.3. The van der Waals surface area contributed by atoms with Gasteiger partial charge in [0.25, 0.3) is 0 Å². The van der Waals surface area contributed by atoms with E-state index in [4.69, 9.17) is 9.98 Å². The van der Waals surface area contributed by atoms with E-state index in [1.54, 1.807) is 0 Å². The van der Waals surface area contributed by atoms with Gasteiger partial charge in [-0.15, -0.1) is 11.3 Å². The molecule has 52 heavy (non-hydrogen) atoms. The lowest BCUT2D eigenvalue weighted by Crippen LogP contribution is -2.34. The van der Waals surface area contributed by atoms with Crippen LogP contribution in [0.5, 0.6) is 0 Å². The summed E-state index contributed by atoms with van der Waals surface area (Å²) in [6.07, 6.45) is 6.24. The van der Waals surface area contributed by atoms with Crippen molar-refractivity contribution in [1.82, 2.24) is 9.88 Å². The highest BCUT2D eigenvalue weighted by Crippen LogP contribution is 2.40. The molecule has 1 aliphatic rings. The Hall–Kier alpha value is -6.04. The van der Waals surface area contributed by atoms with E-state index in [1.807, 2.05) is 23.5 Å². The number of benzene rings is 6. The van der Waals surface area contributed by atoms with Gasteiger partial charge in [0, 0.05) is 31.5 Å². The van der Waals surface area contributed by atoms with Crippen molar-refractivity contribution in [3.05, 3.63) is 185 Å². The molecule has 0 amide bonds. The molecule has 0 fully saturated rings. The van der Waals surface area contributed by atoms with Gasteiger partial charge >= 0.3 is 0 Å². The summed E-state index contributed by atoms with van der Waals surface area (Å²) in [5.41, 5.74) is 10.3. The monoisotopic (exact) mass is 690 g/mol. The van der Waals surface area contributed by atoms with E-state index < -0.39 is 0 Å². The van der Waals surface area contributed by atoms with Crippen LogP contribution in [0.15, 0.2) is 168 Å². The van der Waals surface area contributed by atoms with Gasteiger partial charge in [-0.25, -0.2) is 9.98 Å². The second-order valence-electron chi connectivity index (χ2n) is 13.3. The number of allylic oxidation sites excluding steroid dienone is 2. The van der Waals surface area contributed by atoms with Crippen molar-refractivity contribution in [2.24, 2.45) is 9.98 Å². The summed E-state index contributed by atoms with van der Waals surface area (Å²) in [7, 11) is 0. The molecule has 0 unspecified atom stereocenters. The van der Waals surface area contributed by atoms with Crippen LogP contribution in [0.3, 0.4) is 0 Å². The lowest BCUT2D eigenvalue weighted by Gasteiger charge is -2.25. The summed E-state index contributed by atoms with van der Waals surface area (Å²) in [5.74, 6) is 1.51. The predicted molar refractivity (Wildman–Crippen MR) is 221 cm³/mol. The summed E-state index contributed by atoms with van der Waals surface area (Å²) in [4.78, 5) is 11.9. The Morgan fingerprint density at radius 1 is 0.692 bits per heavy atom. The number of rotatable bonds is 8. The Kier molecular flexibility index (Phi) is 8.34. The Morgan fingerprint density at radius 2 is 1.38 bits per heavy atom. The smallest absolute Gasteiger partial charge is 0.159 e. The van der Waals surface area contributed by atoms with Gasteiger partial charge in [0.15, 0.2) is 5.84 Å². The van der Waals surface area contributed by atoms with E-state index in [-0.39, 0.29) is 6.17 Å². The van der Waals surface area contributed by atoms with Gasteiger partial charge < -0.3 is 9.88 Å². The maximum atomic E-state index is 5.27. The fourth-order valence-corrected chi connectivity index (χ4v) is 8.69. The summed E-state index contributed by atoms with van der Waals surface area (Å²) in [6, 6.07) is 51.7. The lowest BCUT2D eigenvalue weighted by molar-refractivity contribution is 0.674. The van der Waals surface area contributed by atoms with Crippen LogP contribution in [0, 0.1) is 6.92 Å². The minimum absolute atomic E-state index is 0.293. The van der Waals surface area contributed by atoms with Gasteiger partial charge in [0.2, 0.25) is 0 Å². The molecule has 1 N–H and O–H groups in total. The molecule has 1 atom stereocenters. The number of aromatic nitrogens is 1. The molecule has 0 aliphatic carbocycles. The molecule has 4 nitrogen and oxygen atoms in total. The number of fused-ring (bicyclic) bond motifs is 4. The van der Waals surface area contributed by atoms with Crippen LogP contribution in [0.2, 0.25) is 0 Å². The molecule has 0 saturated carbocycles. The fraction of sp³-hybridized carbons (Fsp3) is 0.106. The normalized spacial score (nSPS) is 14.6. The lowest BCUT2D eigenvalue weighted by atomic mass is 10.0. The van der Waals surface area contributed by atoms with Crippen molar-refractivity contribution in [2.75, 3.05) is 0 Å². The fourth-order valence-electron chi connectivity index (χ4n) is 7.44. The van der Waals surface area contributed by atoms with Gasteiger partial charge in [0.1, 0.15) is 12.0 Å². The summed E-state index contributed by atoms with van der Waals surface area (Å²) >= 11 is 1.93. The molecule has 0 saturated heterocycles. The van der Waals surface area contributed by atoms with Gasteiger partial charge in [0.05, 0.1) is 16.7 Å². The van der Waals surface area contributed by atoms with Crippen molar-refractivity contribution in [1.29, 1.82) is 0 Å². The van der Waals surface area contributed by atoms with Crippen molar-refractivity contribution in [3.8, 4) is 16.8 Å². The minimum Gasteiger partial charge on any atom is -0.344 e. The molecule has 3 heterocycles. The number of amidine groups is 2. The van der Waals surface area contributed by atoms with Crippen LogP contribution in [0.4, 0.5) is 0 Å². The molecule has 8 aromatic rings. The van der Waals surface area contributed by atoms with Crippen LogP contribution in [0.1, 0.15) is 46.6 Å². The topological polar surface area (TPSA) is 41.7 Å². The molecular formula is C47H38N4S. The predicted octanol–water partition coefficient (Wildman–Crippen LogP) is 12.0. The molecule has 0 spiro atoms. The number of thiophene rings is 1. The van der Waals surface area contributed by atoms with Gasteiger partial charge in [-0.3, -0.25) is 0 Å². The van der Waals surface area contributed by atoms with E-state index in [0.717, 1.165) is 41.1 Å². The summed E-state index contributed by atoms with van der Waals surface area (Å²) in [5, 5.41) is 7.60. The van der Waals surface area contributed by atoms with Gasteiger partial charge in [-0.05, 0) is 84.7 Å². The molecule has 6 aromatic carbocycles. The Morgan fingerprint density at radius 3 is 2.19 bits per heavy atom. The zero-order valence-corrected chi connectivity index (χ0v) is 30.1. The first-order valence-electron chi connectivity index (χ1n) is 18.0. The Labute approximate surface area is 308 Å². The van der Waals surface area contributed by atoms with E-state index in [2.05, 4.69) is 169 Å². The number of hydrogen-bond donors (Lipinski definition) is 1. The van der Waals surface area contributed by atoms with Crippen molar-refractivity contribution in [3.63, 3.8) is 0 Å². The third kappa shape index (κ3) is 5.73. The molecular weight excluding hydrogens is 653 g/mol. The van der Waals surface area contributed by atoms with E-state index in [0.29, 0.717) is 5.84 Å². The number of para-hydroxylation sites is 2. The highest BCUT2D eigenvalue weighted by molar-refractivity contribution is 7.19. The average Bonchev–Trinajstić information content (AvgIpc) is 3.70. The molecule has 0 radical (unpaired) electrons. The van der Waals surface area contributed by atoms with E-state index in [9.17, 15) is 0 Å². The van der Waals surface area contributed by atoms with Crippen LogP contribution >= 0.6 is 11.3 Å². The first kappa shape index (κ1) is 31.9. The molecule has 252 valence electrons. The first-order chi connectivity index (χ1) is 25.7. The highest BCUT2D eigenvalue weighted by atomic mass is 32.1. The average molecular weight is 691 g/mol. The highest BCUT2D eigenvalue weighted by Gasteiger charge is 2.25. The minimum atomic E-state index is -0.293. The number of nitrogens with one attached hydrogen (secondary N) is 1. The maximum absolute atomic E-state index is 5.27. The number of hydrogen-bond acceptors (Lipinski definition) is 4. The van der Waals surface area contributed by atoms with Crippen LogP contribution in [-0.2, 0) is 6.42 Å². The first-order valence-corrected chi connectivity index (χ1v) is 18.8. The largest absolute Gasteiger partial charge is 0.344 e. The van der Waals surface area contributed by atoms with E-state index >= 15 is 0 Å². The second kappa shape index (κ2) is 13.6. The number of aryl methyl sites for hydroxylation is 2. The Balaban J connectivity index is 1.20. The quantitative estimate of drug-likeness (QED) is 0.158. The van der Waals surface area contributed by atoms with Crippen LogP contribution < -0.4 is 5.32 Å². The summed E-state index contributed by atoms with van der Waals surface area (Å²) in [6.45, 7) is 4.38. The molecule has 9 rings (SSSR count). The molecule has 1 aliphatic heterocycles. The third-order valence-electron chi connectivity index (χ3n) is 10.1.